The number of carbonyl (C=O) groups excluding carboxylic acids is 1. The summed E-state index contributed by atoms with van der Waals surface area (Å²) < 4.78 is 43.5. The van der Waals surface area contributed by atoms with E-state index in [1.54, 1.807) is 19.3 Å². The molecule has 5 aromatic rings. The average Bonchev–Trinajstić information content (AvgIpc) is 3.64. The molecule has 1 unspecified atom stereocenters. The molecule has 1 amide bonds. The van der Waals surface area contributed by atoms with E-state index in [1.807, 2.05) is 35.0 Å². The summed E-state index contributed by atoms with van der Waals surface area (Å²) in [6.45, 7) is 1.89. The van der Waals surface area contributed by atoms with Crippen molar-refractivity contribution in [2.45, 2.75) is 30.2 Å². The van der Waals surface area contributed by atoms with Crippen LogP contribution in [0, 0.1) is 29.0 Å². The number of pyridine rings is 1. The molecule has 0 saturated carbocycles. The number of hydrogen-bond donors (Lipinski definition) is 1. The Morgan fingerprint density at radius 1 is 1.05 bits per heavy atom. The van der Waals surface area contributed by atoms with Crippen LogP contribution in [0.2, 0.25) is 0 Å². The van der Waals surface area contributed by atoms with Crippen molar-refractivity contribution < 1.29 is 17.6 Å². The van der Waals surface area contributed by atoms with Gasteiger partial charge >= 0.3 is 0 Å². The number of carbonyl (C=O) groups is 1. The maximum absolute atomic E-state index is 13.5. The first kappa shape index (κ1) is 27.3. The molecule has 0 radical (unpaired) electrons. The van der Waals surface area contributed by atoms with Gasteiger partial charge in [0.2, 0.25) is 0 Å². The van der Waals surface area contributed by atoms with Gasteiger partial charge in [-0.05, 0) is 73.2 Å². The van der Waals surface area contributed by atoms with Gasteiger partial charge < -0.3 is 9.72 Å². The molecule has 1 atom stereocenters. The normalized spacial score (nSPS) is 11.8. The largest absolute Gasteiger partial charge is 0.348 e. The smallest absolute Gasteiger partial charge is 0.251 e. The molecule has 3 aromatic heterocycles. The van der Waals surface area contributed by atoms with Crippen molar-refractivity contribution >= 4 is 21.4 Å². The van der Waals surface area contributed by atoms with Gasteiger partial charge in [-0.3, -0.25) is 9.48 Å². The highest BCUT2D eigenvalue weighted by molar-refractivity contribution is 7.90. The second-order valence-corrected chi connectivity index (χ2v) is 11.2. The summed E-state index contributed by atoms with van der Waals surface area (Å²) in [6, 6.07) is 16.4. The minimum Gasteiger partial charge on any atom is -0.348 e. The van der Waals surface area contributed by atoms with Crippen molar-refractivity contribution in [2.24, 2.45) is 0 Å². The van der Waals surface area contributed by atoms with E-state index in [0.29, 0.717) is 5.56 Å². The van der Waals surface area contributed by atoms with E-state index in [0.717, 1.165) is 11.2 Å². The molecular weight excluding hydrogens is 543 g/mol. The zero-order valence-corrected chi connectivity index (χ0v) is 22.6. The number of benzene rings is 2. The molecule has 9 nitrogen and oxygen atoms in total. The molecule has 2 aromatic carbocycles. The average molecular weight is 567 g/mol. The van der Waals surface area contributed by atoms with Gasteiger partial charge in [-0.25, -0.2) is 17.8 Å². The molecule has 0 bridgehead atoms. The molecule has 5 rings (SSSR count). The van der Waals surface area contributed by atoms with Gasteiger partial charge in [-0.2, -0.15) is 10.4 Å². The Morgan fingerprint density at radius 2 is 1.85 bits per heavy atom. The maximum atomic E-state index is 13.5. The fourth-order valence-corrected chi connectivity index (χ4v) is 5.48. The second kappa shape index (κ2) is 11.5. The molecule has 0 aliphatic carbocycles. The SMILES string of the molecule is CC(C#N)n1ccc(CS(=O)(=O)c2ccc(C(=O)NCc3ccn4ccnc4c3)cc2C#Cc2ccc(F)cc2)n1. The van der Waals surface area contributed by atoms with Crippen LogP contribution in [0.1, 0.15) is 45.7 Å². The zero-order valence-electron chi connectivity index (χ0n) is 21.8. The number of amides is 1. The predicted molar refractivity (Wildman–Crippen MR) is 149 cm³/mol. The Hall–Kier alpha value is -5.26. The summed E-state index contributed by atoms with van der Waals surface area (Å²) in [5.41, 5.74) is 2.67. The Morgan fingerprint density at radius 3 is 2.63 bits per heavy atom. The molecule has 0 aliphatic rings. The van der Waals surface area contributed by atoms with Crippen LogP contribution in [0.25, 0.3) is 5.65 Å². The highest BCUT2D eigenvalue weighted by Gasteiger charge is 2.22. The topological polar surface area (TPSA) is 122 Å². The Balaban J connectivity index is 1.44. The third-order valence-corrected chi connectivity index (χ3v) is 7.96. The number of sulfone groups is 1. The van der Waals surface area contributed by atoms with Gasteiger partial charge in [0.15, 0.2) is 9.84 Å². The van der Waals surface area contributed by atoms with E-state index in [4.69, 9.17) is 5.26 Å². The van der Waals surface area contributed by atoms with E-state index in [1.165, 1.54) is 53.2 Å². The van der Waals surface area contributed by atoms with Crippen molar-refractivity contribution in [1.29, 1.82) is 5.26 Å². The third kappa shape index (κ3) is 6.32. The van der Waals surface area contributed by atoms with Crippen molar-refractivity contribution in [1.82, 2.24) is 24.5 Å². The van der Waals surface area contributed by atoms with Crippen molar-refractivity contribution in [3.05, 3.63) is 119 Å². The lowest BCUT2D eigenvalue weighted by atomic mass is 10.1. The Bertz CT molecular complexity index is 1960. The summed E-state index contributed by atoms with van der Waals surface area (Å²) in [7, 11) is -3.95. The van der Waals surface area contributed by atoms with Gasteiger partial charge in [0, 0.05) is 48.0 Å². The van der Waals surface area contributed by atoms with Gasteiger partial charge in [0.05, 0.1) is 22.4 Å². The summed E-state index contributed by atoms with van der Waals surface area (Å²) >= 11 is 0. The molecule has 0 saturated heterocycles. The van der Waals surface area contributed by atoms with E-state index < -0.39 is 33.4 Å². The van der Waals surface area contributed by atoms with Gasteiger partial charge in [-0.15, -0.1) is 0 Å². The van der Waals surface area contributed by atoms with Crippen molar-refractivity contribution in [3.8, 4) is 17.9 Å². The monoisotopic (exact) mass is 566 g/mol. The van der Waals surface area contributed by atoms with E-state index in [2.05, 4.69) is 27.2 Å². The number of halogens is 1. The highest BCUT2D eigenvalue weighted by atomic mass is 32.2. The maximum Gasteiger partial charge on any atom is 0.251 e. The van der Waals surface area contributed by atoms with Gasteiger partial charge in [-0.1, -0.05) is 11.8 Å². The quantitative estimate of drug-likeness (QED) is 0.297. The fraction of sp³-hybridized carbons (Fsp3) is 0.133. The standard InChI is InChI=1S/C30H23FN6O3S/c1-21(18-32)37-14-11-27(35-37)20-41(39,40)28-9-6-25(17-24(28)5-2-22-3-7-26(31)8-4-22)30(38)34-19-23-10-13-36-15-12-33-29(36)16-23/h3-4,6-17,21H,19-20H2,1H3,(H,34,38). The molecule has 0 fully saturated rings. The molecule has 0 spiro atoms. The number of fused-ring (bicyclic) bond motifs is 1. The number of nitrogens with one attached hydrogen (secondary N) is 1. The second-order valence-electron chi connectivity index (χ2n) is 9.23. The van der Waals surface area contributed by atoms with Crippen molar-refractivity contribution in [2.75, 3.05) is 0 Å². The first-order valence-electron chi connectivity index (χ1n) is 12.5. The van der Waals surface area contributed by atoms with Crippen LogP contribution >= 0.6 is 0 Å². The van der Waals surface area contributed by atoms with Crippen molar-refractivity contribution in [3.63, 3.8) is 0 Å². The lowest BCUT2D eigenvalue weighted by Gasteiger charge is -2.10. The lowest BCUT2D eigenvalue weighted by molar-refractivity contribution is 0.0950. The number of nitriles is 1. The molecule has 1 N–H and O–H groups in total. The minimum atomic E-state index is -3.95. The Labute approximate surface area is 235 Å². The number of nitrogens with zero attached hydrogens (tertiary/aromatic N) is 5. The summed E-state index contributed by atoms with van der Waals surface area (Å²) in [4.78, 5) is 17.2. The Kier molecular flexibility index (Phi) is 7.64. The van der Waals surface area contributed by atoms with Gasteiger partial charge in [0.25, 0.3) is 5.91 Å². The molecule has 3 heterocycles. The number of hydrogen-bond acceptors (Lipinski definition) is 6. The predicted octanol–water partition coefficient (Wildman–Crippen LogP) is 4.06. The number of imidazole rings is 1. The van der Waals surface area contributed by atoms with Crippen LogP contribution in [0.15, 0.2) is 90.3 Å². The zero-order chi connectivity index (χ0) is 29.0. The summed E-state index contributed by atoms with van der Waals surface area (Å²) in [5, 5.41) is 16.2. The van der Waals surface area contributed by atoms with Crippen LogP contribution in [-0.2, 0) is 22.1 Å². The molecule has 11 heteroatoms. The van der Waals surface area contributed by atoms with E-state index in [-0.39, 0.29) is 28.3 Å². The van der Waals surface area contributed by atoms with Crippen LogP contribution in [0.4, 0.5) is 4.39 Å². The third-order valence-electron chi connectivity index (χ3n) is 6.26. The molecule has 0 aliphatic heterocycles. The number of rotatable bonds is 7. The van der Waals surface area contributed by atoms with E-state index in [9.17, 15) is 17.6 Å². The van der Waals surface area contributed by atoms with Gasteiger partial charge in [0.1, 0.15) is 17.5 Å². The van der Waals surface area contributed by atoms with Crippen LogP contribution in [-0.4, -0.2) is 33.5 Å². The summed E-state index contributed by atoms with van der Waals surface area (Å²) in [6.07, 6.45) is 6.89. The molecular formula is C30H23FN6O3S. The fourth-order valence-electron chi connectivity index (χ4n) is 4.06. The van der Waals surface area contributed by atoms with Crippen LogP contribution in [0.5, 0.6) is 0 Å². The first-order valence-corrected chi connectivity index (χ1v) is 14.1. The van der Waals surface area contributed by atoms with Crippen LogP contribution in [0.3, 0.4) is 0 Å². The minimum absolute atomic E-state index is 0.0729. The first-order chi connectivity index (χ1) is 19.7. The number of aromatic nitrogens is 4. The highest BCUT2D eigenvalue weighted by Crippen LogP contribution is 2.22. The molecule has 204 valence electrons. The summed E-state index contributed by atoms with van der Waals surface area (Å²) in [5.74, 6) is 4.44. The van der Waals surface area contributed by atoms with Crippen LogP contribution < -0.4 is 5.32 Å². The molecule has 41 heavy (non-hydrogen) atoms. The van der Waals surface area contributed by atoms with E-state index >= 15 is 0 Å². The lowest BCUT2D eigenvalue weighted by Crippen LogP contribution is -2.23.